The van der Waals surface area contributed by atoms with Crippen LogP contribution in [0.15, 0.2) is 48.6 Å². The van der Waals surface area contributed by atoms with Crippen molar-refractivity contribution in [2.75, 3.05) is 40.9 Å². The average Bonchev–Trinajstić information content (AvgIpc) is 3.30. The van der Waals surface area contributed by atoms with Crippen molar-refractivity contribution in [2.24, 2.45) is 0 Å². The highest BCUT2D eigenvalue weighted by molar-refractivity contribution is 7.45. The molecule has 0 aromatic carbocycles. The number of allylic oxidation sites excluding steroid dienone is 7. The number of carbonyl (C=O) groups is 1. The fourth-order valence-electron chi connectivity index (χ4n) is 8.44. The van der Waals surface area contributed by atoms with Gasteiger partial charge in [-0.2, -0.15) is 0 Å². The third-order valence-electron chi connectivity index (χ3n) is 13.0. The zero-order valence-corrected chi connectivity index (χ0v) is 46.5. The number of unbranched alkanes of at least 4 members (excludes halogenated alkanes) is 34. The minimum absolute atomic E-state index is 0.00612. The molecule has 0 aromatic heterocycles. The van der Waals surface area contributed by atoms with E-state index in [0.29, 0.717) is 17.4 Å². The first-order valence-corrected chi connectivity index (χ1v) is 30.5. The van der Waals surface area contributed by atoms with Gasteiger partial charge in [-0.3, -0.25) is 9.36 Å². The van der Waals surface area contributed by atoms with E-state index in [2.05, 4.69) is 55.6 Å². The average molecular weight is 978 g/mol. The van der Waals surface area contributed by atoms with E-state index in [-0.39, 0.29) is 12.5 Å². The third-order valence-corrected chi connectivity index (χ3v) is 14.0. The highest BCUT2D eigenvalue weighted by atomic mass is 31.2. The van der Waals surface area contributed by atoms with E-state index in [0.717, 1.165) is 51.4 Å². The lowest BCUT2D eigenvalue weighted by Crippen LogP contribution is -2.45. The van der Waals surface area contributed by atoms with Gasteiger partial charge in [0.15, 0.2) is 0 Å². The summed E-state index contributed by atoms with van der Waals surface area (Å²) >= 11 is 0. The second kappa shape index (κ2) is 50.4. The maximum Gasteiger partial charge on any atom is 0.268 e. The van der Waals surface area contributed by atoms with E-state index in [4.69, 9.17) is 9.05 Å². The minimum Gasteiger partial charge on any atom is -0.756 e. The Hall–Kier alpha value is -1.54. The largest absolute Gasteiger partial charge is 0.756 e. The Labute approximate surface area is 422 Å². The summed E-state index contributed by atoms with van der Waals surface area (Å²) in [6.07, 6.45) is 67.0. The molecule has 0 aliphatic carbocycles. The molecule has 8 nitrogen and oxygen atoms in total. The number of hydrogen-bond donors (Lipinski definition) is 2. The number of aliphatic hydroxyl groups excluding tert-OH is 1. The number of phosphoric acid groups is 1. The van der Waals surface area contributed by atoms with Crippen LogP contribution in [-0.2, 0) is 18.4 Å². The summed E-state index contributed by atoms with van der Waals surface area (Å²) in [7, 11) is 1.25. The molecule has 0 radical (unpaired) electrons. The lowest BCUT2D eigenvalue weighted by molar-refractivity contribution is -0.870. The molecule has 0 fully saturated rings. The van der Waals surface area contributed by atoms with Crippen LogP contribution >= 0.6 is 7.82 Å². The number of aliphatic hydroxyl groups is 1. The quantitative estimate of drug-likeness (QED) is 0.0272. The molecule has 0 bridgehead atoms. The Morgan fingerprint density at radius 3 is 1.32 bits per heavy atom. The van der Waals surface area contributed by atoms with E-state index in [9.17, 15) is 19.4 Å². The van der Waals surface area contributed by atoms with Gasteiger partial charge in [-0.15, -0.1) is 0 Å². The molecule has 3 atom stereocenters. The first-order valence-electron chi connectivity index (χ1n) is 29.0. The summed E-state index contributed by atoms with van der Waals surface area (Å²) in [6.45, 7) is 4.51. The van der Waals surface area contributed by atoms with Crippen LogP contribution in [0.2, 0.25) is 0 Å². The number of phosphoric ester groups is 1. The van der Waals surface area contributed by atoms with Crippen LogP contribution < -0.4 is 10.2 Å². The van der Waals surface area contributed by atoms with Crippen LogP contribution in [0.4, 0.5) is 0 Å². The standard InChI is InChI=1S/C59H113N2O6P/c1-6-8-10-12-14-15-16-17-18-19-20-21-22-23-24-25-26-27-28-29-30-31-32-33-34-35-36-37-38-39-40-41-42-43-44-45-47-49-51-53-59(63)60-57(58(62)52-50-48-46-13-11-9-7-2)56-67-68(64,65)66-55-54-61(3,4)5/h11,13,16-17,19-20,50,52,57-58,62H,6-10,12,14-15,18,21-49,51,53-56H2,1-5H3,(H-,60,63,64,65)/b13-11+,17-16-,20-19-,52-50+. The molecule has 0 saturated carbocycles. The van der Waals surface area contributed by atoms with Crippen LogP contribution in [0.25, 0.3) is 0 Å². The van der Waals surface area contributed by atoms with Crippen LogP contribution in [0.1, 0.15) is 271 Å². The summed E-state index contributed by atoms with van der Waals surface area (Å²) < 4.78 is 23.1. The number of likely N-dealkylation sites (N-methyl/N-ethyl adjacent to an activating group) is 1. The molecular weight excluding hydrogens is 864 g/mol. The summed E-state index contributed by atoms with van der Waals surface area (Å²) in [6, 6.07) is -0.899. The van der Waals surface area contributed by atoms with Crippen molar-refractivity contribution in [1.29, 1.82) is 0 Å². The molecule has 0 saturated heterocycles. The van der Waals surface area contributed by atoms with Gasteiger partial charge in [0.1, 0.15) is 13.2 Å². The van der Waals surface area contributed by atoms with Crippen molar-refractivity contribution in [3.8, 4) is 0 Å². The summed E-state index contributed by atoms with van der Waals surface area (Å²) in [5.41, 5.74) is 0. The Morgan fingerprint density at radius 2 is 0.897 bits per heavy atom. The highest BCUT2D eigenvalue weighted by Crippen LogP contribution is 2.38. The molecule has 0 heterocycles. The van der Waals surface area contributed by atoms with Crippen molar-refractivity contribution in [3.63, 3.8) is 0 Å². The Kier molecular flexibility index (Phi) is 49.3. The second-order valence-electron chi connectivity index (χ2n) is 21.0. The van der Waals surface area contributed by atoms with Crippen LogP contribution in [-0.4, -0.2) is 68.5 Å². The zero-order chi connectivity index (χ0) is 49.9. The van der Waals surface area contributed by atoms with Gasteiger partial charge in [0.05, 0.1) is 39.9 Å². The van der Waals surface area contributed by atoms with Crippen molar-refractivity contribution < 1.29 is 32.9 Å². The lowest BCUT2D eigenvalue weighted by atomic mass is 10.0. The maximum absolute atomic E-state index is 12.8. The first kappa shape index (κ1) is 66.5. The van der Waals surface area contributed by atoms with Gasteiger partial charge in [-0.25, -0.2) is 0 Å². The van der Waals surface area contributed by atoms with Crippen molar-refractivity contribution in [1.82, 2.24) is 5.32 Å². The van der Waals surface area contributed by atoms with E-state index < -0.39 is 26.6 Å². The van der Waals surface area contributed by atoms with Crippen LogP contribution in [0.5, 0.6) is 0 Å². The Morgan fingerprint density at radius 1 is 0.515 bits per heavy atom. The number of rotatable bonds is 53. The van der Waals surface area contributed by atoms with E-state index in [1.807, 2.05) is 27.2 Å². The van der Waals surface area contributed by atoms with Gasteiger partial charge in [0.25, 0.3) is 7.82 Å². The number of nitrogens with one attached hydrogen (secondary N) is 1. The summed E-state index contributed by atoms with van der Waals surface area (Å²) in [4.78, 5) is 25.2. The molecule has 2 N–H and O–H groups in total. The number of hydrogen-bond acceptors (Lipinski definition) is 6. The molecule has 0 aliphatic rings. The normalized spacial score (nSPS) is 14.3. The molecule has 0 spiro atoms. The molecule has 3 unspecified atom stereocenters. The van der Waals surface area contributed by atoms with Gasteiger partial charge in [-0.1, -0.05) is 255 Å². The van der Waals surface area contributed by atoms with E-state index in [1.165, 1.54) is 199 Å². The van der Waals surface area contributed by atoms with Crippen molar-refractivity contribution in [2.45, 2.75) is 283 Å². The van der Waals surface area contributed by atoms with E-state index >= 15 is 0 Å². The first-order chi connectivity index (χ1) is 33.0. The number of quaternary nitrogens is 1. The number of amides is 1. The molecular formula is C59H113N2O6P. The fourth-order valence-corrected chi connectivity index (χ4v) is 9.17. The summed E-state index contributed by atoms with van der Waals surface area (Å²) in [5.74, 6) is -0.209. The van der Waals surface area contributed by atoms with Crippen molar-refractivity contribution >= 4 is 13.7 Å². The summed E-state index contributed by atoms with van der Waals surface area (Å²) in [5, 5.41) is 13.7. The fraction of sp³-hybridized carbons (Fsp3) is 0.847. The molecule has 68 heavy (non-hydrogen) atoms. The Balaban J connectivity index is 3.73. The Bertz CT molecular complexity index is 1250. The lowest BCUT2D eigenvalue weighted by Gasteiger charge is -2.29. The zero-order valence-electron chi connectivity index (χ0n) is 45.6. The molecule has 0 aromatic rings. The van der Waals surface area contributed by atoms with Crippen LogP contribution in [0.3, 0.4) is 0 Å². The van der Waals surface area contributed by atoms with Crippen LogP contribution in [0, 0.1) is 0 Å². The van der Waals surface area contributed by atoms with Gasteiger partial charge in [0, 0.05) is 6.42 Å². The molecule has 400 valence electrons. The predicted octanol–water partition coefficient (Wildman–Crippen LogP) is 16.9. The SMILES string of the molecule is CCC/C=C/CC/C=C/C(O)C(COP(=O)([O-])OCC[N+](C)(C)C)NC(=O)CCCCCCCCCCCCCCCCCCCCCCCCCCCCC/C=C\C/C=C\CCCCCCC. The number of carbonyl (C=O) groups excluding carboxylic acids is 1. The van der Waals surface area contributed by atoms with Gasteiger partial charge in [-0.05, 0) is 57.8 Å². The monoisotopic (exact) mass is 977 g/mol. The predicted molar refractivity (Wildman–Crippen MR) is 293 cm³/mol. The molecule has 9 heteroatoms. The second-order valence-corrected chi connectivity index (χ2v) is 22.4. The van der Waals surface area contributed by atoms with E-state index in [1.54, 1.807) is 6.08 Å². The van der Waals surface area contributed by atoms with Gasteiger partial charge in [0.2, 0.25) is 5.91 Å². The minimum atomic E-state index is -4.59. The molecule has 0 aliphatic heterocycles. The van der Waals surface area contributed by atoms with Gasteiger partial charge < -0.3 is 28.8 Å². The van der Waals surface area contributed by atoms with Gasteiger partial charge >= 0.3 is 0 Å². The number of nitrogens with zero attached hydrogens (tertiary/aromatic N) is 1. The van der Waals surface area contributed by atoms with Crippen molar-refractivity contribution in [3.05, 3.63) is 48.6 Å². The molecule has 0 rings (SSSR count). The highest BCUT2D eigenvalue weighted by Gasteiger charge is 2.23. The maximum atomic E-state index is 12.8. The third kappa shape index (κ3) is 52.3. The topological polar surface area (TPSA) is 108 Å². The smallest absolute Gasteiger partial charge is 0.268 e. The molecule has 1 amide bonds.